The molecular formula is C8H12N2. The maximum atomic E-state index is 3.43. The van der Waals surface area contributed by atoms with Crippen molar-refractivity contribution >= 4 is 0 Å². The minimum absolute atomic E-state index is 0.441. The van der Waals surface area contributed by atoms with Gasteiger partial charge in [0.05, 0.1) is 12.2 Å². The van der Waals surface area contributed by atoms with Crippen molar-refractivity contribution in [3.05, 3.63) is 23.9 Å². The molecule has 0 saturated carbocycles. The molecule has 0 bridgehead atoms. The molecule has 0 radical (unpaired) electrons. The highest BCUT2D eigenvalue weighted by atomic mass is 15.2. The van der Waals surface area contributed by atoms with E-state index in [-0.39, 0.29) is 0 Å². The molecule has 2 unspecified atom stereocenters. The summed E-state index contributed by atoms with van der Waals surface area (Å²) in [5.74, 6) is 0. The number of hydrogen-bond donors (Lipinski definition) is 2. The van der Waals surface area contributed by atoms with Crippen LogP contribution in [0.3, 0.4) is 0 Å². The first-order valence-corrected chi connectivity index (χ1v) is 3.75. The van der Waals surface area contributed by atoms with E-state index in [0.717, 1.165) is 6.42 Å². The van der Waals surface area contributed by atoms with Crippen LogP contribution < -0.4 is 10.6 Å². The normalized spacial score (nSPS) is 36.7. The van der Waals surface area contributed by atoms with Crippen LogP contribution in [0.25, 0.3) is 0 Å². The summed E-state index contributed by atoms with van der Waals surface area (Å²) in [6.45, 7) is 2.14. The summed E-state index contributed by atoms with van der Waals surface area (Å²) < 4.78 is 0. The molecule has 0 aromatic rings. The Morgan fingerprint density at radius 1 is 1.60 bits per heavy atom. The Morgan fingerprint density at radius 3 is 3.30 bits per heavy atom. The third kappa shape index (κ3) is 0.847. The third-order valence-electron chi connectivity index (χ3n) is 1.99. The van der Waals surface area contributed by atoms with Crippen LogP contribution in [-0.2, 0) is 0 Å². The maximum absolute atomic E-state index is 3.43. The van der Waals surface area contributed by atoms with E-state index >= 15 is 0 Å². The molecule has 1 saturated heterocycles. The van der Waals surface area contributed by atoms with Crippen molar-refractivity contribution in [1.29, 1.82) is 0 Å². The van der Waals surface area contributed by atoms with Gasteiger partial charge in [0.1, 0.15) is 0 Å². The molecule has 0 aromatic heterocycles. The quantitative estimate of drug-likeness (QED) is 0.513. The van der Waals surface area contributed by atoms with Crippen LogP contribution in [0.15, 0.2) is 23.9 Å². The van der Waals surface area contributed by atoms with Gasteiger partial charge in [-0.25, -0.2) is 0 Å². The van der Waals surface area contributed by atoms with Gasteiger partial charge < -0.3 is 5.32 Å². The average Bonchev–Trinajstić information content (AvgIpc) is 2.27. The zero-order valence-corrected chi connectivity index (χ0v) is 6.09. The van der Waals surface area contributed by atoms with Crippen LogP contribution in [-0.4, -0.2) is 12.2 Å². The molecule has 1 aliphatic heterocycles. The summed E-state index contributed by atoms with van der Waals surface area (Å²) in [5, 5.41) is 6.78. The maximum Gasteiger partial charge on any atom is 0.0742 e. The second-order valence-electron chi connectivity index (χ2n) is 2.87. The molecule has 10 heavy (non-hydrogen) atoms. The molecule has 1 aliphatic carbocycles. The summed E-state index contributed by atoms with van der Waals surface area (Å²) in [6.07, 6.45) is 8.02. The zero-order chi connectivity index (χ0) is 6.97. The van der Waals surface area contributed by atoms with Gasteiger partial charge in [-0.3, -0.25) is 5.32 Å². The Morgan fingerprint density at radius 2 is 2.50 bits per heavy atom. The monoisotopic (exact) mass is 136 g/mol. The molecule has 2 rings (SSSR count). The molecule has 2 N–H and O–H groups in total. The highest BCUT2D eigenvalue weighted by Gasteiger charge is 2.23. The van der Waals surface area contributed by atoms with Crippen molar-refractivity contribution in [2.24, 2.45) is 0 Å². The lowest BCUT2D eigenvalue weighted by molar-refractivity contribution is 0.559. The van der Waals surface area contributed by atoms with Gasteiger partial charge in [-0.2, -0.15) is 0 Å². The number of fused-ring (bicyclic) bond motifs is 1. The van der Waals surface area contributed by atoms with Crippen LogP contribution in [0.4, 0.5) is 0 Å². The van der Waals surface area contributed by atoms with E-state index in [9.17, 15) is 0 Å². The Hall–Kier alpha value is -0.760. The number of allylic oxidation sites excluding steroid dienone is 2. The Bertz CT molecular complexity index is 193. The standard InChI is InChI=1S/C8H12N2/c1-6-9-7-4-2-3-5-8(7)10-6/h2-4,6,8-10H,5H2,1H3. The van der Waals surface area contributed by atoms with Gasteiger partial charge in [0.15, 0.2) is 0 Å². The van der Waals surface area contributed by atoms with Crippen molar-refractivity contribution in [2.45, 2.75) is 25.6 Å². The Balaban J connectivity index is 2.18. The van der Waals surface area contributed by atoms with Gasteiger partial charge in [-0.05, 0) is 19.4 Å². The Labute approximate surface area is 61.0 Å². The highest BCUT2D eigenvalue weighted by molar-refractivity contribution is 5.25. The minimum atomic E-state index is 0.441. The van der Waals surface area contributed by atoms with Gasteiger partial charge in [-0.15, -0.1) is 0 Å². The summed E-state index contributed by atoms with van der Waals surface area (Å²) in [7, 11) is 0. The van der Waals surface area contributed by atoms with Gasteiger partial charge in [0.2, 0.25) is 0 Å². The van der Waals surface area contributed by atoms with Crippen LogP contribution in [0.5, 0.6) is 0 Å². The Kier molecular flexibility index (Phi) is 1.27. The summed E-state index contributed by atoms with van der Waals surface area (Å²) in [6, 6.07) is 0.556. The van der Waals surface area contributed by atoms with Gasteiger partial charge in [0, 0.05) is 5.70 Å². The van der Waals surface area contributed by atoms with E-state index in [1.807, 2.05) is 0 Å². The number of rotatable bonds is 0. The fraction of sp³-hybridized carbons (Fsp3) is 0.500. The fourth-order valence-corrected chi connectivity index (χ4v) is 1.53. The van der Waals surface area contributed by atoms with Crippen molar-refractivity contribution < 1.29 is 0 Å². The van der Waals surface area contributed by atoms with Crippen molar-refractivity contribution in [1.82, 2.24) is 10.6 Å². The lowest BCUT2D eigenvalue weighted by atomic mass is 10.1. The van der Waals surface area contributed by atoms with E-state index in [1.54, 1.807) is 0 Å². The van der Waals surface area contributed by atoms with E-state index in [0.29, 0.717) is 12.2 Å². The molecule has 2 atom stereocenters. The van der Waals surface area contributed by atoms with Crippen molar-refractivity contribution in [3.63, 3.8) is 0 Å². The van der Waals surface area contributed by atoms with Crippen LogP contribution >= 0.6 is 0 Å². The molecule has 2 heteroatoms. The first kappa shape index (κ1) is 5.98. The topological polar surface area (TPSA) is 24.1 Å². The van der Waals surface area contributed by atoms with Gasteiger partial charge in [-0.1, -0.05) is 12.2 Å². The first-order valence-electron chi connectivity index (χ1n) is 3.75. The minimum Gasteiger partial charge on any atom is -0.372 e. The predicted octanol–water partition coefficient (Wildman–Crippen LogP) is 0.738. The van der Waals surface area contributed by atoms with E-state index < -0.39 is 0 Å². The summed E-state index contributed by atoms with van der Waals surface area (Å²) >= 11 is 0. The zero-order valence-electron chi connectivity index (χ0n) is 6.09. The summed E-state index contributed by atoms with van der Waals surface area (Å²) in [5.41, 5.74) is 1.34. The molecular weight excluding hydrogens is 124 g/mol. The van der Waals surface area contributed by atoms with Gasteiger partial charge in [0.25, 0.3) is 0 Å². The van der Waals surface area contributed by atoms with Crippen LogP contribution in [0.1, 0.15) is 13.3 Å². The molecule has 54 valence electrons. The van der Waals surface area contributed by atoms with E-state index in [2.05, 4.69) is 35.8 Å². The van der Waals surface area contributed by atoms with E-state index in [4.69, 9.17) is 0 Å². The smallest absolute Gasteiger partial charge is 0.0742 e. The lowest BCUT2D eigenvalue weighted by Crippen LogP contribution is -2.29. The SMILES string of the molecule is CC1NC2=CC=CCC2N1. The fourth-order valence-electron chi connectivity index (χ4n) is 1.53. The van der Waals surface area contributed by atoms with Gasteiger partial charge >= 0.3 is 0 Å². The van der Waals surface area contributed by atoms with Crippen LogP contribution in [0.2, 0.25) is 0 Å². The van der Waals surface area contributed by atoms with E-state index in [1.165, 1.54) is 5.70 Å². The number of nitrogens with one attached hydrogen (secondary N) is 2. The average molecular weight is 136 g/mol. The van der Waals surface area contributed by atoms with Crippen molar-refractivity contribution in [3.8, 4) is 0 Å². The summed E-state index contributed by atoms with van der Waals surface area (Å²) in [4.78, 5) is 0. The highest BCUT2D eigenvalue weighted by Crippen LogP contribution is 2.15. The van der Waals surface area contributed by atoms with Crippen molar-refractivity contribution in [2.75, 3.05) is 0 Å². The molecule has 1 fully saturated rings. The molecule has 0 aromatic carbocycles. The molecule has 1 heterocycles. The second-order valence-corrected chi connectivity index (χ2v) is 2.87. The first-order chi connectivity index (χ1) is 4.86. The largest absolute Gasteiger partial charge is 0.372 e. The third-order valence-corrected chi connectivity index (χ3v) is 1.99. The molecule has 0 amide bonds. The predicted molar refractivity (Wildman–Crippen MR) is 41.4 cm³/mol. The lowest BCUT2D eigenvalue weighted by Gasteiger charge is -2.10. The molecule has 2 aliphatic rings. The second kappa shape index (κ2) is 2.13. The number of hydrogen-bond acceptors (Lipinski definition) is 2. The molecule has 0 spiro atoms. The van der Waals surface area contributed by atoms with Crippen LogP contribution in [0, 0.1) is 0 Å². The molecule has 2 nitrogen and oxygen atoms in total.